The van der Waals surface area contributed by atoms with Gasteiger partial charge in [0.25, 0.3) is 0 Å². The summed E-state index contributed by atoms with van der Waals surface area (Å²) < 4.78 is 6.45. The zero-order valence-corrected chi connectivity index (χ0v) is 26.1. The van der Waals surface area contributed by atoms with Gasteiger partial charge in [-0.15, -0.1) is 0 Å². The Morgan fingerprint density at radius 3 is 1.96 bits per heavy atom. The molecule has 0 aliphatic heterocycles. The van der Waals surface area contributed by atoms with Crippen LogP contribution in [0.3, 0.4) is 0 Å². The van der Waals surface area contributed by atoms with Crippen LogP contribution in [0.25, 0.3) is 75.8 Å². The molecule has 0 radical (unpaired) electrons. The van der Waals surface area contributed by atoms with Crippen LogP contribution in [0, 0.1) is 0 Å². The van der Waals surface area contributed by atoms with Gasteiger partial charge in [0.15, 0.2) is 0 Å². The van der Waals surface area contributed by atoms with E-state index in [2.05, 4.69) is 152 Å². The second kappa shape index (κ2) is 8.69. The van der Waals surface area contributed by atoms with Gasteiger partial charge in [0.05, 0.1) is 5.69 Å². The maximum absolute atomic E-state index is 6.45. The summed E-state index contributed by atoms with van der Waals surface area (Å²) in [7, 11) is 0. The number of para-hydroxylation sites is 2. The van der Waals surface area contributed by atoms with Gasteiger partial charge in [0, 0.05) is 49.8 Å². The fraction of sp³-hybridized carbons (Fsp3) is 0.0667. The minimum absolute atomic E-state index is 0.162. The monoisotopic (exact) mass is 599 g/mol. The van der Waals surface area contributed by atoms with Crippen molar-refractivity contribution in [1.82, 2.24) is 0 Å². The molecule has 0 spiro atoms. The number of nitrogens with zero attached hydrogens (tertiary/aromatic N) is 1. The third kappa shape index (κ3) is 3.10. The molecule has 0 bridgehead atoms. The SMILES string of the molecule is CC1(C)c2cccc3c(N(c4ccccc4)c4ccc5c(c4)oc4ccccc45)c4cccc5c6cccc7ccc1c(c76)c(c23)c45. The highest BCUT2D eigenvalue weighted by Gasteiger charge is 2.35. The summed E-state index contributed by atoms with van der Waals surface area (Å²) in [6.07, 6.45) is 0. The van der Waals surface area contributed by atoms with Crippen molar-refractivity contribution in [3.05, 3.63) is 151 Å². The Kier molecular flexibility index (Phi) is 4.68. The molecule has 11 rings (SSSR count). The molecule has 10 aromatic rings. The fourth-order valence-electron chi connectivity index (χ4n) is 8.91. The molecule has 1 aliphatic rings. The Balaban J connectivity index is 1.37. The van der Waals surface area contributed by atoms with Gasteiger partial charge in [-0.3, -0.25) is 0 Å². The van der Waals surface area contributed by atoms with Gasteiger partial charge in [-0.1, -0.05) is 117 Å². The molecule has 1 heterocycles. The smallest absolute Gasteiger partial charge is 0.137 e. The molecule has 1 aromatic heterocycles. The number of furan rings is 1. The molecule has 2 nitrogen and oxygen atoms in total. The van der Waals surface area contributed by atoms with Gasteiger partial charge < -0.3 is 9.32 Å². The van der Waals surface area contributed by atoms with Crippen molar-refractivity contribution in [2.24, 2.45) is 0 Å². The van der Waals surface area contributed by atoms with Crippen LogP contribution in [0.4, 0.5) is 17.1 Å². The van der Waals surface area contributed by atoms with E-state index >= 15 is 0 Å². The first-order valence-corrected chi connectivity index (χ1v) is 16.4. The van der Waals surface area contributed by atoms with Crippen LogP contribution in [-0.2, 0) is 5.41 Å². The van der Waals surface area contributed by atoms with Gasteiger partial charge in [0.2, 0.25) is 0 Å². The van der Waals surface area contributed by atoms with Crippen LogP contribution in [0.15, 0.2) is 144 Å². The van der Waals surface area contributed by atoms with E-state index in [1.807, 2.05) is 6.07 Å². The zero-order valence-electron chi connectivity index (χ0n) is 26.1. The Hall–Kier alpha value is -5.86. The third-order valence-corrected chi connectivity index (χ3v) is 10.9. The van der Waals surface area contributed by atoms with Crippen LogP contribution in [0.5, 0.6) is 0 Å². The van der Waals surface area contributed by atoms with Crippen LogP contribution in [0.2, 0.25) is 0 Å². The van der Waals surface area contributed by atoms with Crippen LogP contribution in [-0.4, -0.2) is 0 Å². The Morgan fingerprint density at radius 1 is 0.426 bits per heavy atom. The molecule has 0 saturated carbocycles. The highest BCUT2D eigenvalue weighted by atomic mass is 16.3. The van der Waals surface area contributed by atoms with E-state index < -0.39 is 0 Å². The minimum Gasteiger partial charge on any atom is -0.456 e. The lowest BCUT2D eigenvalue weighted by molar-refractivity contribution is 0.652. The number of anilines is 3. The molecule has 0 N–H and O–H groups in total. The van der Waals surface area contributed by atoms with Crippen molar-refractivity contribution < 1.29 is 4.42 Å². The van der Waals surface area contributed by atoms with Gasteiger partial charge in [-0.05, 0) is 79.2 Å². The average molecular weight is 600 g/mol. The summed E-state index contributed by atoms with van der Waals surface area (Å²) in [6, 6.07) is 51.2. The summed E-state index contributed by atoms with van der Waals surface area (Å²) in [5, 5.41) is 15.7. The molecular formula is C45H29NO. The van der Waals surface area contributed by atoms with E-state index in [9.17, 15) is 0 Å². The lowest BCUT2D eigenvalue weighted by Gasteiger charge is -2.37. The lowest BCUT2D eigenvalue weighted by atomic mass is 9.68. The van der Waals surface area contributed by atoms with Gasteiger partial charge in [0.1, 0.15) is 11.2 Å². The molecule has 0 saturated heterocycles. The summed E-state index contributed by atoms with van der Waals surface area (Å²) in [6.45, 7) is 4.81. The average Bonchev–Trinajstić information content (AvgIpc) is 3.48. The topological polar surface area (TPSA) is 16.4 Å². The first-order chi connectivity index (χ1) is 23.1. The first kappa shape index (κ1) is 25.3. The molecule has 0 unspecified atom stereocenters. The fourth-order valence-corrected chi connectivity index (χ4v) is 8.91. The quantitative estimate of drug-likeness (QED) is 0.148. The molecule has 220 valence electrons. The summed E-state index contributed by atoms with van der Waals surface area (Å²) >= 11 is 0. The largest absolute Gasteiger partial charge is 0.456 e. The van der Waals surface area contributed by atoms with Crippen molar-refractivity contribution in [2.45, 2.75) is 19.3 Å². The highest BCUT2D eigenvalue weighted by Crippen LogP contribution is 2.57. The Bertz CT molecular complexity index is 2930. The lowest BCUT2D eigenvalue weighted by Crippen LogP contribution is -2.23. The molecule has 0 amide bonds. The minimum atomic E-state index is -0.162. The highest BCUT2D eigenvalue weighted by molar-refractivity contribution is 6.42. The third-order valence-electron chi connectivity index (χ3n) is 10.9. The van der Waals surface area contributed by atoms with Gasteiger partial charge in [-0.25, -0.2) is 0 Å². The van der Waals surface area contributed by atoms with E-state index in [1.54, 1.807) is 0 Å². The van der Waals surface area contributed by atoms with Crippen LogP contribution in [0.1, 0.15) is 25.0 Å². The van der Waals surface area contributed by atoms with Gasteiger partial charge in [-0.2, -0.15) is 0 Å². The predicted molar refractivity (Wildman–Crippen MR) is 199 cm³/mol. The number of benzene rings is 9. The van der Waals surface area contributed by atoms with Crippen molar-refractivity contribution >= 4 is 92.9 Å². The number of hydrogen-bond acceptors (Lipinski definition) is 2. The van der Waals surface area contributed by atoms with Gasteiger partial charge >= 0.3 is 0 Å². The predicted octanol–water partition coefficient (Wildman–Crippen LogP) is 12.9. The van der Waals surface area contributed by atoms with Crippen molar-refractivity contribution in [1.29, 1.82) is 0 Å². The molecule has 1 aliphatic carbocycles. The van der Waals surface area contributed by atoms with E-state index in [4.69, 9.17) is 4.42 Å². The normalized spacial score (nSPS) is 13.9. The molecule has 9 aromatic carbocycles. The van der Waals surface area contributed by atoms with E-state index in [-0.39, 0.29) is 5.41 Å². The number of fused-ring (bicyclic) bond motifs is 4. The van der Waals surface area contributed by atoms with Crippen molar-refractivity contribution in [3.63, 3.8) is 0 Å². The molecule has 47 heavy (non-hydrogen) atoms. The van der Waals surface area contributed by atoms with Crippen LogP contribution >= 0.6 is 0 Å². The molecule has 2 heteroatoms. The maximum Gasteiger partial charge on any atom is 0.137 e. The Labute approximate surface area is 271 Å². The van der Waals surface area contributed by atoms with E-state index in [1.165, 1.54) is 70.7 Å². The summed E-state index contributed by atoms with van der Waals surface area (Å²) in [5.74, 6) is 0. The summed E-state index contributed by atoms with van der Waals surface area (Å²) in [4.78, 5) is 2.46. The second-order valence-corrected chi connectivity index (χ2v) is 13.6. The standard InChI is InChI=1S/C45H29NO/c1-45(2)35-19-10-18-34-41(35)43-40-32(31-15-8-11-26-21-24-36(45)42(43)39(26)31)16-9-17-33(40)44(34)46(27-12-4-3-5-13-27)28-22-23-30-29-14-6-7-20-37(29)47-38(30)25-28/h3-25H,1-2H3. The Morgan fingerprint density at radius 2 is 1.09 bits per heavy atom. The first-order valence-electron chi connectivity index (χ1n) is 16.4. The second-order valence-electron chi connectivity index (χ2n) is 13.6. The van der Waals surface area contributed by atoms with E-state index in [0.717, 1.165) is 33.3 Å². The van der Waals surface area contributed by atoms with Crippen molar-refractivity contribution in [2.75, 3.05) is 4.90 Å². The molecular weight excluding hydrogens is 571 g/mol. The zero-order chi connectivity index (χ0) is 31.0. The van der Waals surface area contributed by atoms with Crippen LogP contribution < -0.4 is 4.90 Å². The number of hydrogen-bond donors (Lipinski definition) is 0. The molecule has 0 fully saturated rings. The van der Waals surface area contributed by atoms with E-state index in [0.29, 0.717) is 0 Å². The molecule has 0 atom stereocenters. The summed E-state index contributed by atoms with van der Waals surface area (Å²) in [5.41, 5.74) is 7.84. The maximum atomic E-state index is 6.45. The van der Waals surface area contributed by atoms with Crippen molar-refractivity contribution in [3.8, 4) is 0 Å². The number of rotatable bonds is 3.